The number of aromatic nitrogens is 1. The van der Waals surface area contributed by atoms with E-state index in [2.05, 4.69) is 10.3 Å². The molecule has 2 amide bonds. The predicted octanol–water partition coefficient (Wildman–Crippen LogP) is 0.390. The Bertz CT molecular complexity index is 543. The molecule has 0 spiro atoms. The van der Waals surface area contributed by atoms with Crippen LogP contribution >= 0.6 is 11.3 Å². The van der Waals surface area contributed by atoms with Crippen LogP contribution in [0.2, 0.25) is 0 Å². The van der Waals surface area contributed by atoms with Gasteiger partial charge in [0.05, 0.1) is 5.92 Å². The van der Waals surface area contributed by atoms with Gasteiger partial charge in [-0.3, -0.25) is 9.59 Å². The van der Waals surface area contributed by atoms with Crippen molar-refractivity contribution in [1.82, 2.24) is 15.2 Å². The van der Waals surface area contributed by atoms with Crippen LogP contribution in [0.15, 0.2) is 0 Å². The Kier molecular flexibility index (Phi) is 4.66. The average molecular weight is 311 g/mol. The molecule has 2 rings (SSSR count). The fraction of sp³-hybridized carbons (Fsp3) is 0.615. The van der Waals surface area contributed by atoms with Crippen LogP contribution < -0.4 is 16.0 Å². The first-order valence-corrected chi connectivity index (χ1v) is 7.70. The number of rotatable bonds is 3. The predicted molar refractivity (Wildman–Crippen MR) is 83.5 cm³/mol. The molecule has 2 heterocycles. The smallest absolute Gasteiger partial charge is 0.267 e. The summed E-state index contributed by atoms with van der Waals surface area (Å²) in [6.45, 7) is 1.09. The van der Waals surface area contributed by atoms with Gasteiger partial charge in [0.2, 0.25) is 5.91 Å². The molecule has 1 fully saturated rings. The lowest BCUT2D eigenvalue weighted by molar-refractivity contribution is -0.125. The van der Waals surface area contributed by atoms with Crippen molar-refractivity contribution < 1.29 is 9.59 Å². The summed E-state index contributed by atoms with van der Waals surface area (Å²) < 4.78 is 0. The maximum absolute atomic E-state index is 12.6. The van der Waals surface area contributed by atoms with E-state index in [4.69, 9.17) is 5.73 Å². The Hall–Kier alpha value is -1.83. The molecule has 7 nitrogen and oxygen atoms in total. The summed E-state index contributed by atoms with van der Waals surface area (Å²) in [7, 11) is 5.33. The number of piperidine rings is 1. The minimum atomic E-state index is -0.143. The lowest BCUT2D eigenvalue weighted by Gasteiger charge is -2.31. The highest BCUT2D eigenvalue weighted by molar-refractivity contribution is 7.18. The molecular weight excluding hydrogens is 290 g/mol. The van der Waals surface area contributed by atoms with Crippen molar-refractivity contribution in [1.29, 1.82) is 0 Å². The number of hydrogen-bond acceptors (Lipinski definition) is 6. The SMILES string of the molecule is CNC(=O)C1CCCN(C(=O)c2sc(N(C)C)nc2N)C1. The summed E-state index contributed by atoms with van der Waals surface area (Å²) in [5.74, 6) is -0.0311. The van der Waals surface area contributed by atoms with Gasteiger partial charge in [-0.2, -0.15) is 0 Å². The van der Waals surface area contributed by atoms with E-state index in [1.807, 2.05) is 19.0 Å². The lowest BCUT2D eigenvalue weighted by Crippen LogP contribution is -2.44. The lowest BCUT2D eigenvalue weighted by atomic mass is 9.97. The Morgan fingerprint density at radius 1 is 1.48 bits per heavy atom. The Balaban J connectivity index is 2.14. The quantitative estimate of drug-likeness (QED) is 0.842. The van der Waals surface area contributed by atoms with Crippen molar-refractivity contribution in [3.63, 3.8) is 0 Å². The molecule has 8 heteroatoms. The third-order valence-corrected chi connectivity index (χ3v) is 4.77. The van der Waals surface area contributed by atoms with Crippen LogP contribution in [0.4, 0.5) is 10.9 Å². The second kappa shape index (κ2) is 6.30. The molecular formula is C13H21N5O2S. The summed E-state index contributed by atoms with van der Waals surface area (Å²) in [5, 5.41) is 3.35. The number of hydrogen-bond donors (Lipinski definition) is 2. The summed E-state index contributed by atoms with van der Waals surface area (Å²) in [5.41, 5.74) is 5.85. The first-order chi connectivity index (χ1) is 9.93. The monoisotopic (exact) mass is 311 g/mol. The molecule has 3 N–H and O–H groups in total. The number of nitrogens with zero attached hydrogens (tertiary/aromatic N) is 3. The Labute approximate surface area is 128 Å². The molecule has 1 saturated heterocycles. The highest BCUT2D eigenvalue weighted by atomic mass is 32.1. The molecule has 1 unspecified atom stereocenters. The largest absolute Gasteiger partial charge is 0.382 e. The van der Waals surface area contributed by atoms with Crippen molar-refractivity contribution in [3.05, 3.63) is 4.88 Å². The summed E-state index contributed by atoms with van der Waals surface area (Å²) in [4.78, 5) is 32.5. The Morgan fingerprint density at radius 2 is 2.19 bits per heavy atom. The topological polar surface area (TPSA) is 91.6 Å². The molecule has 0 saturated carbocycles. The van der Waals surface area contributed by atoms with E-state index in [1.165, 1.54) is 11.3 Å². The first kappa shape index (κ1) is 15.6. The molecule has 1 aliphatic heterocycles. The van der Waals surface area contributed by atoms with E-state index < -0.39 is 0 Å². The summed E-state index contributed by atoms with van der Waals surface area (Å²) in [6.07, 6.45) is 1.63. The van der Waals surface area contributed by atoms with Gasteiger partial charge in [-0.25, -0.2) is 4.98 Å². The molecule has 1 aliphatic rings. The fourth-order valence-corrected chi connectivity index (χ4v) is 3.26. The van der Waals surface area contributed by atoms with Gasteiger partial charge >= 0.3 is 0 Å². The van der Waals surface area contributed by atoms with E-state index >= 15 is 0 Å². The standard InChI is InChI=1S/C13H21N5O2S/c1-15-11(19)8-5-4-6-18(7-8)12(20)9-10(14)16-13(21-9)17(2)3/h8H,4-7,14H2,1-3H3,(H,15,19). The second-order valence-corrected chi connectivity index (χ2v) is 6.29. The van der Waals surface area contributed by atoms with Crippen LogP contribution in [0.5, 0.6) is 0 Å². The maximum atomic E-state index is 12.6. The zero-order valence-corrected chi connectivity index (χ0v) is 13.4. The van der Waals surface area contributed by atoms with Gasteiger partial charge in [0.25, 0.3) is 5.91 Å². The number of anilines is 2. The van der Waals surface area contributed by atoms with Crippen LogP contribution in [-0.4, -0.2) is 55.9 Å². The maximum Gasteiger partial charge on any atom is 0.267 e. The molecule has 1 atom stereocenters. The summed E-state index contributed by atoms with van der Waals surface area (Å²) >= 11 is 1.28. The van der Waals surface area contributed by atoms with E-state index in [0.717, 1.165) is 12.8 Å². The highest BCUT2D eigenvalue weighted by Crippen LogP contribution is 2.29. The number of amides is 2. The minimum absolute atomic E-state index is 0.0150. The van der Waals surface area contributed by atoms with Crippen LogP contribution in [0.3, 0.4) is 0 Å². The van der Waals surface area contributed by atoms with Crippen molar-refractivity contribution in [2.45, 2.75) is 12.8 Å². The van der Waals surface area contributed by atoms with E-state index in [1.54, 1.807) is 11.9 Å². The van der Waals surface area contributed by atoms with Gasteiger partial charge in [-0.05, 0) is 12.8 Å². The van der Waals surface area contributed by atoms with E-state index in [-0.39, 0.29) is 23.6 Å². The van der Waals surface area contributed by atoms with Crippen molar-refractivity contribution in [3.8, 4) is 0 Å². The van der Waals surface area contributed by atoms with Crippen LogP contribution in [0, 0.1) is 5.92 Å². The molecule has 0 bridgehead atoms. The van der Waals surface area contributed by atoms with Crippen LogP contribution in [-0.2, 0) is 4.79 Å². The number of carbonyl (C=O) groups is 2. The van der Waals surface area contributed by atoms with Gasteiger partial charge in [-0.1, -0.05) is 11.3 Å². The van der Waals surface area contributed by atoms with E-state index in [9.17, 15) is 9.59 Å². The number of likely N-dealkylation sites (tertiary alicyclic amines) is 1. The van der Waals surface area contributed by atoms with E-state index in [0.29, 0.717) is 23.1 Å². The fourth-order valence-electron chi connectivity index (χ4n) is 2.39. The number of nitrogens with one attached hydrogen (secondary N) is 1. The first-order valence-electron chi connectivity index (χ1n) is 6.88. The zero-order valence-electron chi connectivity index (χ0n) is 12.5. The third-order valence-electron chi connectivity index (χ3n) is 3.54. The zero-order chi connectivity index (χ0) is 15.6. The van der Waals surface area contributed by atoms with Crippen LogP contribution in [0.1, 0.15) is 22.5 Å². The number of carbonyl (C=O) groups excluding carboxylic acids is 2. The second-order valence-electron chi connectivity index (χ2n) is 5.31. The average Bonchev–Trinajstić information content (AvgIpc) is 2.88. The number of nitrogen functional groups attached to an aromatic ring is 1. The Morgan fingerprint density at radius 3 is 2.76 bits per heavy atom. The minimum Gasteiger partial charge on any atom is -0.382 e. The molecule has 0 radical (unpaired) electrons. The molecule has 1 aromatic heterocycles. The van der Waals surface area contributed by atoms with Gasteiger partial charge in [0.1, 0.15) is 10.7 Å². The van der Waals surface area contributed by atoms with Crippen molar-refractivity contribution in [2.75, 3.05) is 44.9 Å². The van der Waals surface area contributed by atoms with Crippen LogP contribution in [0.25, 0.3) is 0 Å². The molecule has 116 valence electrons. The normalized spacial score (nSPS) is 18.4. The summed E-state index contributed by atoms with van der Waals surface area (Å²) in [6, 6.07) is 0. The third kappa shape index (κ3) is 3.26. The van der Waals surface area contributed by atoms with Gasteiger partial charge in [0, 0.05) is 34.2 Å². The molecule has 0 aromatic carbocycles. The molecule has 21 heavy (non-hydrogen) atoms. The molecule has 1 aromatic rings. The number of thiazole rings is 1. The van der Waals surface area contributed by atoms with Crippen molar-refractivity contribution >= 4 is 34.1 Å². The highest BCUT2D eigenvalue weighted by Gasteiger charge is 2.30. The van der Waals surface area contributed by atoms with Gasteiger partial charge < -0.3 is 20.9 Å². The van der Waals surface area contributed by atoms with Crippen molar-refractivity contribution in [2.24, 2.45) is 5.92 Å². The molecule has 0 aliphatic carbocycles. The van der Waals surface area contributed by atoms with Gasteiger partial charge in [0.15, 0.2) is 5.13 Å². The number of nitrogens with two attached hydrogens (primary N) is 1. The van der Waals surface area contributed by atoms with Gasteiger partial charge in [-0.15, -0.1) is 0 Å².